The van der Waals surface area contributed by atoms with Gasteiger partial charge in [-0.05, 0) is 37.2 Å². The number of pyridine rings is 1. The maximum Gasteiger partial charge on any atom is 0.390 e. The fourth-order valence-corrected chi connectivity index (χ4v) is 4.33. The molecule has 170 valence electrons. The minimum Gasteiger partial charge on any atom is -0.359 e. The summed E-state index contributed by atoms with van der Waals surface area (Å²) < 4.78 is 37.3. The highest BCUT2D eigenvalue weighted by molar-refractivity contribution is 6.32. The summed E-state index contributed by atoms with van der Waals surface area (Å²) in [6.07, 6.45) is -1.16. The molecular formula is C21H20Cl2F3N5O. The normalized spacial score (nSPS) is 17.1. The molecule has 3 N–H and O–H groups in total. The van der Waals surface area contributed by atoms with Gasteiger partial charge in [-0.1, -0.05) is 23.2 Å². The number of nitrogens with one attached hydrogen (secondary N) is 3. The van der Waals surface area contributed by atoms with E-state index in [0.717, 1.165) is 10.9 Å². The van der Waals surface area contributed by atoms with E-state index < -0.39 is 18.6 Å². The Morgan fingerprint density at radius 2 is 2.06 bits per heavy atom. The van der Waals surface area contributed by atoms with Crippen molar-refractivity contribution in [3.8, 4) is 0 Å². The van der Waals surface area contributed by atoms with E-state index in [1.165, 1.54) is 6.20 Å². The van der Waals surface area contributed by atoms with Gasteiger partial charge in [0.25, 0.3) is 0 Å². The van der Waals surface area contributed by atoms with Gasteiger partial charge in [-0.2, -0.15) is 13.2 Å². The smallest absolute Gasteiger partial charge is 0.359 e. The van der Waals surface area contributed by atoms with Gasteiger partial charge in [-0.3, -0.25) is 4.98 Å². The molecule has 1 aromatic carbocycles. The van der Waals surface area contributed by atoms with E-state index in [-0.39, 0.29) is 12.5 Å². The molecule has 0 bridgehead atoms. The molecule has 1 unspecified atom stereocenters. The van der Waals surface area contributed by atoms with Crippen LogP contribution >= 0.6 is 23.2 Å². The largest absolute Gasteiger partial charge is 0.390 e. The monoisotopic (exact) mass is 485 g/mol. The summed E-state index contributed by atoms with van der Waals surface area (Å²) >= 11 is 12.4. The average Bonchev–Trinajstić information content (AvgIpc) is 3.33. The first-order valence-electron chi connectivity index (χ1n) is 9.97. The van der Waals surface area contributed by atoms with Crippen molar-refractivity contribution in [1.82, 2.24) is 14.9 Å². The fourth-order valence-electron chi connectivity index (χ4n) is 3.84. The molecule has 4 rings (SSSR count). The van der Waals surface area contributed by atoms with E-state index in [1.54, 1.807) is 29.3 Å². The fraction of sp³-hybridized carbons (Fsp3) is 0.333. The van der Waals surface area contributed by atoms with Crippen LogP contribution in [0.1, 0.15) is 24.5 Å². The Balaban J connectivity index is 1.37. The molecule has 2 aromatic heterocycles. The molecule has 0 spiro atoms. The molecule has 6 nitrogen and oxygen atoms in total. The lowest BCUT2D eigenvalue weighted by Crippen LogP contribution is -2.26. The Morgan fingerprint density at radius 1 is 1.25 bits per heavy atom. The highest BCUT2D eigenvalue weighted by Gasteiger charge is 2.31. The lowest BCUT2D eigenvalue weighted by Gasteiger charge is -2.17. The molecule has 1 fully saturated rings. The summed E-state index contributed by atoms with van der Waals surface area (Å²) in [7, 11) is 0. The lowest BCUT2D eigenvalue weighted by molar-refractivity contribution is -0.137. The number of anilines is 2. The Morgan fingerprint density at radius 3 is 2.81 bits per heavy atom. The van der Waals surface area contributed by atoms with Crippen LogP contribution in [0, 0.1) is 0 Å². The first kappa shape index (κ1) is 22.7. The van der Waals surface area contributed by atoms with Gasteiger partial charge < -0.3 is 20.5 Å². The van der Waals surface area contributed by atoms with Crippen LogP contribution in [0.4, 0.5) is 29.3 Å². The van der Waals surface area contributed by atoms with E-state index in [4.69, 9.17) is 23.2 Å². The molecular weight excluding hydrogens is 466 g/mol. The van der Waals surface area contributed by atoms with Crippen LogP contribution in [-0.2, 0) is 0 Å². The van der Waals surface area contributed by atoms with E-state index >= 15 is 0 Å². The number of benzene rings is 1. The van der Waals surface area contributed by atoms with Crippen molar-refractivity contribution >= 4 is 51.5 Å². The third kappa shape index (κ3) is 5.46. The molecule has 0 radical (unpaired) electrons. The molecule has 1 aliphatic heterocycles. The van der Waals surface area contributed by atoms with Crippen LogP contribution in [0.5, 0.6) is 0 Å². The second kappa shape index (κ2) is 9.17. The van der Waals surface area contributed by atoms with Gasteiger partial charge in [0.2, 0.25) is 0 Å². The van der Waals surface area contributed by atoms with Crippen molar-refractivity contribution in [3.63, 3.8) is 0 Å². The van der Waals surface area contributed by atoms with Crippen LogP contribution in [0.3, 0.4) is 0 Å². The molecule has 1 saturated heterocycles. The maximum atomic E-state index is 12.4. The molecule has 3 heterocycles. The summed E-state index contributed by atoms with van der Waals surface area (Å²) in [5.41, 5.74) is 2.43. The molecule has 1 aliphatic rings. The van der Waals surface area contributed by atoms with Gasteiger partial charge in [0.05, 0.1) is 34.7 Å². The maximum absolute atomic E-state index is 12.4. The quantitative estimate of drug-likeness (QED) is 0.399. The Labute approximate surface area is 192 Å². The number of aromatic nitrogens is 2. The van der Waals surface area contributed by atoms with E-state index in [2.05, 4.69) is 20.6 Å². The Bertz CT molecular complexity index is 1130. The summed E-state index contributed by atoms with van der Waals surface area (Å²) in [5, 5.41) is 7.13. The number of likely N-dealkylation sites (tertiary alicyclic amines) is 1. The SMILES string of the molecule is O=C(Nc1cnc(C2CCN(CCC(F)(F)F)C2)c(Cl)c1)Nc1c[nH]c2ccc(Cl)cc12. The third-order valence-electron chi connectivity index (χ3n) is 5.39. The summed E-state index contributed by atoms with van der Waals surface area (Å²) in [5.74, 6) is -0.0467. The van der Waals surface area contributed by atoms with Crippen LogP contribution < -0.4 is 10.6 Å². The van der Waals surface area contributed by atoms with Gasteiger partial charge in [0, 0.05) is 41.1 Å². The van der Waals surface area contributed by atoms with Crippen molar-refractivity contribution in [2.24, 2.45) is 0 Å². The molecule has 1 atom stereocenters. The van der Waals surface area contributed by atoms with Gasteiger partial charge in [0.1, 0.15) is 0 Å². The van der Waals surface area contributed by atoms with E-state index in [9.17, 15) is 18.0 Å². The third-order valence-corrected chi connectivity index (χ3v) is 5.93. The molecule has 0 aliphatic carbocycles. The zero-order chi connectivity index (χ0) is 22.9. The number of halogens is 5. The number of carbonyl (C=O) groups excluding carboxylic acids is 1. The number of alkyl halides is 3. The summed E-state index contributed by atoms with van der Waals surface area (Å²) in [6, 6.07) is 6.43. The van der Waals surface area contributed by atoms with Gasteiger partial charge in [-0.15, -0.1) is 0 Å². The predicted octanol–water partition coefficient (Wildman–Crippen LogP) is 6.26. The topological polar surface area (TPSA) is 73.1 Å². The first-order valence-corrected chi connectivity index (χ1v) is 10.7. The van der Waals surface area contributed by atoms with Crippen LogP contribution in [0.2, 0.25) is 10.0 Å². The van der Waals surface area contributed by atoms with Crippen molar-refractivity contribution in [2.75, 3.05) is 30.3 Å². The standard InChI is InChI=1S/C21H20Cl2F3N5O/c22-13-1-2-17-15(7-13)18(10-27-17)30-20(32)29-14-8-16(23)19(28-9-14)12-3-5-31(11-12)6-4-21(24,25)26/h1-2,7-10,12,27H,3-6,11H2,(H2,29,30,32). The average molecular weight is 486 g/mol. The minimum absolute atomic E-state index is 0.0313. The molecule has 32 heavy (non-hydrogen) atoms. The van der Waals surface area contributed by atoms with Crippen molar-refractivity contribution < 1.29 is 18.0 Å². The first-order chi connectivity index (χ1) is 15.2. The number of urea groups is 1. The number of hydrogen-bond acceptors (Lipinski definition) is 3. The van der Waals surface area contributed by atoms with Crippen LogP contribution in [0.15, 0.2) is 36.7 Å². The number of fused-ring (bicyclic) bond motifs is 1. The zero-order valence-corrected chi connectivity index (χ0v) is 18.3. The van der Waals surface area contributed by atoms with E-state index in [0.29, 0.717) is 46.6 Å². The number of aromatic amines is 1. The van der Waals surface area contributed by atoms with Crippen molar-refractivity contribution in [1.29, 1.82) is 0 Å². The molecule has 3 aromatic rings. The number of hydrogen-bond donors (Lipinski definition) is 3. The lowest BCUT2D eigenvalue weighted by atomic mass is 10.0. The van der Waals surface area contributed by atoms with Gasteiger partial charge in [0.15, 0.2) is 0 Å². The molecule has 2 amide bonds. The van der Waals surface area contributed by atoms with E-state index in [1.807, 2.05) is 6.07 Å². The minimum atomic E-state index is -4.17. The zero-order valence-electron chi connectivity index (χ0n) is 16.8. The Hall–Kier alpha value is -2.49. The highest BCUT2D eigenvalue weighted by Crippen LogP contribution is 2.33. The van der Waals surface area contributed by atoms with Gasteiger partial charge >= 0.3 is 12.2 Å². The van der Waals surface area contributed by atoms with Crippen molar-refractivity contribution in [3.05, 3.63) is 52.4 Å². The number of carbonyl (C=O) groups is 1. The predicted molar refractivity (Wildman–Crippen MR) is 120 cm³/mol. The summed E-state index contributed by atoms with van der Waals surface area (Å²) in [6.45, 7) is 1.01. The highest BCUT2D eigenvalue weighted by atomic mass is 35.5. The second-order valence-corrected chi connectivity index (χ2v) is 8.56. The number of amides is 2. The van der Waals surface area contributed by atoms with Gasteiger partial charge in [-0.25, -0.2) is 4.79 Å². The number of H-pyrrole nitrogens is 1. The number of rotatable bonds is 5. The Kier molecular flexibility index (Phi) is 6.50. The summed E-state index contributed by atoms with van der Waals surface area (Å²) in [4.78, 5) is 21.6. The molecule has 11 heteroatoms. The number of nitrogens with zero attached hydrogens (tertiary/aromatic N) is 2. The van der Waals surface area contributed by atoms with Crippen LogP contribution in [0.25, 0.3) is 10.9 Å². The van der Waals surface area contributed by atoms with Crippen molar-refractivity contribution in [2.45, 2.75) is 24.9 Å². The second-order valence-electron chi connectivity index (χ2n) is 7.71. The molecule has 0 saturated carbocycles. The van der Waals surface area contributed by atoms with Crippen LogP contribution in [-0.4, -0.2) is 46.7 Å².